The first-order chi connectivity index (χ1) is 12.0. The molecule has 0 unspecified atom stereocenters. The highest BCUT2D eigenvalue weighted by Crippen LogP contribution is 2.34. The molecule has 0 heterocycles. The van der Waals surface area contributed by atoms with Crippen LogP contribution in [-0.4, -0.2) is 36.5 Å². The molecule has 1 rings (SSSR count). The van der Waals surface area contributed by atoms with E-state index in [4.69, 9.17) is 4.74 Å². The lowest BCUT2D eigenvalue weighted by Crippen LogP contribution is -2.33. The van der Waals surface area contributed by atoms with Gasteiger partial charge in [0.2, 0.25) is 0 Å². The molecule has 0 saturated heterocycles. The maximum Gasteiger partial charge on any atom is 0.416 e. The minimum Gasteiger partial charge on any atom is -0.455 e. The minimum absolute atomic E-state index is 0.0239. The lowest BCUT2D eigenvalue weighted by atomic mass is 10.1. The van der Waals surface area contributed by atoms with Crippen molar-refractivity contribution in [1.29, 1.82) is 0 Å². The van der Waals surface area contributed by atoms with Gasteiger partial charge in [-0.15, -0.1) is 0 Å². The van der Waals surface area contributed by atoms with E-state index in [0.29, 0.717) is 6.07 Å². The molecule has 0 spiro atoms. The van der Waals surface area contributed by atoms with Crippen molar-refractivity contribution < 1.29 is 32.4 Å². The van der Waals surface area contributed by atoms with Gasteiger partial charge < -0.3 is 15.4 Å². The van der Waals surface area contributed by atoms with Crippen molar-refractivity contribution in [3.05, 3.63) is 33.9 Å². The third-order valence-corrected chi connectivity index (χ3v) is 3.10. The molecule has 1 amide bonds. The fraction of sp³-hybridized carbons (Fsp3) is 0.467. The second-order valence-corrected chi connectivity index (χ2v) is 5.53. The average Bonchev–Trinajstić information content (AvgIpc) is 2.55. The van der Waals surface area contributed by atoms with E-state index in [-0.39, 0.29) is 24.7 Å². The van der Waals surface area contributed by atoms with Gasteiger partial charge in [-0.1, -0.05) is 13.8 Å². The molecule has 8 nitrogen and oxygen atoms in total. The maximum absolute atomic E-state index is 12.6. The Hall–Kier alpha value is -2.85. The summed E-state index contributed by atoms with van der Waals surface area (Å²) in [7, 11) is 0. The number of nitro benzene ring substituents is 1. The van der Waals surface area contributed by atoms with Gasteiger partial charge in [-0.3, -0.25) is 19.7 Å². The molecular formula is C15H18F3N3O5. The van der Waals surface area contributed by atoms with Gasteiger partial charge in [-0.05, 0) is 12.1 Å². The van der Waals surface area contributed by atoms with Crippen LogP contribution < -0.4 is 10.6 Å². The van der Waals surface area contributed by atoms with Crippen LogP contribution in [0.15, 0.2) is 18.2 Å². The molecule has 0 aliphatic rings. The smallest absolute Gasteiger partial charge is 0.416 e. The predicted molar refractivity (Wildman–Crippen MR) is 85.4 cm³/mol. The first-order valence-corrected chi connectivity index (χ1v) is 7.55. The van der Waals surface area contributed by atoms with E-state index < -0.39 is 40.8 Å². The number of amides is 1. The standard InChI is InChI=1S/C15H18F3N3O5/c1-9(2)14(23)26-8-13(22)20-6-5-19-11-4-3-10(15(16,17)18)7-12(11)21(24)25/h3-4,7,9,19H,5-6,8H2,1-2H3,(H,20,22). The van der Waals surface area contributed by atoms with Crippen LogP contribution in [0.1, 0.15) is 19.4 Å². The number of halogens is 3. The summed E-state index contributed by atoms with van der Waals surface area (Å²) in [6.07, 6.45) is -4.69. The van der Waals surface area contributed by atoms with Crippen LogP contribution in [0.4, 0.5) is 24.5 Å². The fourth-order valence-electron chi connectivity index (χ4n) is 1.76. The van der Waals surface area contributed by atoms with Crippen molar-refractivity contribution in [1.82, 2.24) is 5.32 Å². The van der Waals surface area contributed by atoms with Crippen molar-refractivity contribution >= 4 is 23.3 Å². The summed E-state index contributed by atoms with van der Waals surface area (Å²) < 4.78 is 42.5. The third-order valence-electron chi connectivity index (χ3n) is 3.10. The number of carbonyl (C=O) groups excluding carboxylic acids is 2. The van der Waals surface area contributed by atoms with Crippen molar-refractivity contribution in [2.75, 3.05) is 25.0 Å². The van der Waals surface area contributed by atoms with Crippen LogP contribution in [-0.2, 0) is 20.5 Å². The molecule has 0 saturated carbocycles. The number of nitrogens with zero attached hydrogens (tertiary/aromatic N) is 1. The van der Waals surface area contributed by atoms with E-state index >= 15 is 0 Å². The Morgan fingerprint density at radius 3 is 2.46 bits per heavy atom. The molecule has 26 heavy (non-hydrogen) atoms. The summed E-state index contributed by atoms with van der Waals surface area (Å²) in [5, 5.41) is 15.9. The molecule has 2 N–H and O–H groups in total. The van der Waals surface area contributed by atoms with E-state index in [2.05, 4.69) is 10.6 Å². The zero-order valence-electron chi connectivity index (χ0n) is 14.1. The quantitative estimate of drug-likeness (QED) is 0.311. The summed E-state index contributed by atoms with van der Waals surface area (Å²) in [4.78, 5) is 32.7. The van der Waals surface area contributed by atoms with Crippen LogP contribution >= 0.6 is 0 Å². The van der Waals surface area contributed by atoms with Crippen molar-refractivity contribution in [3.63, 3.8) is 0 Å². The van der Waals surface area contributed by atoms with Gasteiger partial charge >= 0.3 is 12.1 Å². The normalized spacial score (nSPS) is 11.2. The number of esters is 1. The van der Waals surface area contributed by atoms with Crippen LogP contribution in [0, 0.1) is 16.0 Å². The van der Waals surface area contributed by atoms with E-state index in [1.807, 2.05) is 0 Å². The van der Waals surface area contributed by atoms with Crippen molar-refractivity contribution in [3.8, 4) is 0 Å². The zero-order valence-corrected chi connectivity index (χ0v) is 14.1. The zero-order chi connectivity index (χ0) is 19.9. The lowest BCUT2D eigenvalue weighted by molar-refractivity contribution is -0.384. The monoisotopic (exact) mass is 377 g/mol. The highest BCUT2D eigenvalue weighted by atomic mass is 19.4. The second-order valence-electron chi connectivity index (χ2n) is 5.53. The summed E-state index contributed by atoms with van der Waals surface area (Å²) >= 11 is 0. The maximum atomic E-state index is 12.6. The Labute approximate surface area is 146 Å². The summed E-state index contributed by atoms with van der Waals surface area (Å²) in [5.74, 6) is -1.47. The van der Waals surface area contributed by atoms with Gasteiger partial charge in [0.1, 0.15) is 5.69 Å². The Kier molecular flexibility index (Phi) is 7.35. The predicted octanol–water partition coefficient (Wildman–Crippen LogP) is 2.34. The van der Waals surface area contributed by atoms with Gasteiger partial charge in [-0.25, -0.2) is 0 Å². The average molecular weight is 377 g/mol. The molecular weight excluding hydrogens is 359 g/mol. The molecule has 0 aromatic heterocycles. The van der Waals surface area contributed by atoms with Crippen molar-refractivity contribution in [2.24, 2.45) is 5.92 Å². The minimum atomic E-state index is -4.69. The molecule has 0 aliphatic heterocycles. The fourth-order valence-corrected chi connectivity index (χ4v) is 1.76. The highest BCUT2D eigenvalue weighted by Gasteiger charge is 2.32. The molecule has 1 aromatic rings. The number of anilines is 1. The number of hydrogen-bond donors (Lipinski definition) is 2. The van der Waals surface area contributed by atoms with Crippen LogP contribution in [0.25, 0.3) is 0 Å². The van der Waals surface area contributed by atoms with E-state index in [1.165, 1.54) is 0 Å². The van der Waals surface area contributed by atoms with Crippen LogP contribution in [0.2, 0.25) is 0 Å². The van der Waals surface area contributed by atoms with Gasteiger partial charge in [0.25, 0.3) is 11.6 Å². The summed E-state index contributed by atoms with van der Waals surface area (Å²) in [6.45, 7) is 2.81. The molecule has 1 aromatic carbocycles. The Bertz CT molecular complexity index is 677. The molecule has 144 valence electrons. The SMILES string of the molecule is CC(C)C(=O)OCC(=O)NCCNc1ccc(C(F)(F)F)cc1[N+](=O)[O-]. The first kappa shape index (κ1) is 21.2. The van der Waals surface area contributed by atoms with Gasteiger partial charge in [0, 0.05) is 19.2 Å². The number of nitrogens with one attached hydrogen (secondary N) is 2. The molecule has 0 radical (unpaired) electrons. The Balaban J connectivity index is 2.54. The number of ether oxygens (including phenoxy) is 1. The number of rotatable bonds is 8. The molecule has 0 atom stereocenters. The van der Waals surface area contributed by atoms with Crippen LogP contribution in [0.5, 0.6) is 0 Å². The molecule has 0 bridgehead atoms. The second kappa shape index (κ2) is 9.02. The van der Waals surface area contributed by atoms with Gasteiger partial charge in [-0.2, -0.15) is 13.2 Å². The number of benzene rings is 1. The Morgan fingerprint density at radius 2 is 1.92 bits per heavy atom. The Morgan fingerprint density at radius 1 is 1.27 bits per heavy atom. The third kappa shape index (κ3) is 6.57. The molecule has 0 aliphatic carbocycles. The van der Waals surface area contributed by atoms with Crippen LogP contribution in [0.3, 0.4) is 0 Å². The number of carbonyl (C=O) groups is 2. The molecule has 0 fully saturated rings. The van der Waals surface area contributed by atoms with Gasteiger partial charge in [0.15, 0.2) is 6.61 Å². The van der Waals surface area contributed by atoms with Crippen molar-refractivity contribution in [2.45, 2.75) is 20.0 Å². The first-order valence-electron chi connectivity index (χ1n) is 7.55. The largest absolute Gasteiger partial charge is 0.455 e. The topological polar surface area (TPSA) is 111 Å². The number of hydrogen-bond acceptors (Lipinski definition) is 6. The molecule has 11 heteroatoms. The number of alkyl halides is 3. The number of nitro groups is 1. The lowest BCUT2D eigenvalue weighted by Gasteiger charge is -2.11. The van der Waals surface area contributed by atoms with Gasteiger partial charge in [0.05, 0.1) is 16.4 Å². The van der Waals surface area contributed by atoms with E-state index in [1.54, 1.807) is 13.8 Å². The summed E-state index contributed by atoms with van der Waals surface area (Å²) in [5.41, 5.74) is -1.96. The van der Waals surface area contributed by atoms with E-state index in [9.17, 15) is 32.9 Å². The highest BCUT2D eigenvalue weighted by molar-refractivity contribution is 5.81. The van der Waals surface area contributed by atoms with E-state index in [0.717, 1.165) is 12.1 Å². The summed E-state index contributed by atoms with van der Waals surface area (Å²) in [6, 6.07) is 2.11.